The maximum Gasteiger partial charge on any atom is 0.325 e. The molecular formula is C11H21NO3. The van der Waals surface area contributed by atoms with E-state index in [1.54, 1.807) is 0 Å². The summed E-state index contributed by atoms with van der Waals surface area (Å²) in [6.07, 6.45) is 2.20. The Labute approximate surface area is 91.1 Å². The molecule has 0 saturated heterocycles. The van der Waals surface area contributed by atoms with E-state index in [1.165, 1.54) is 6.92 Å². The lowest BCUT2D eigenvalue weighted by atomic mass is 9.79. The smallest absolute Gasteiger partial charge is 0.325 e. The van der Waals surface area contributed by atoms with E-state index in [-0.39, 0.29) is 5.91 Å². The number of carboxylic acid groups (broad SMARTS) is 1. The number of nitrogens with one attached hydrogen (secondary N) is 1. The van der Waals surface area contributed by atoms with Crippen molar-refractivity contribution in [3.63, 3.8) is 0 Å². The van der Waals surface area contributed by atoms with Crippen molar-refractivity contribution in [2.45, 2.75) is 53.0 Å². The molecule has 0 radical (unpaired) electrons. The Morgan fingerprint density at radius 1 is 1.20 bits per heavy atom. The molecular weight excluding hydrogens is 194 g/mol. The fourth-order valence-electron chi connectivity index (χ4n) is 1.64. The Morgan fingerprint density at radius 3 is 1.87 bits per heavy atom. The van der Waals surface area contributed by atoms with Gasteiger partial charge in [-0.1, -0.05) is 20.8 Å². The molecule has 0 aromatic heterocycles. The van der Waals surface area contributed by atoms with Crippen molar-refractivity contribution in [2.75, 3.05) is 0 Å². The number of carboxylic acids is 1. The van der Waals surface area contributed by atoms with Crippen LogP contribution in [0.4, 0.5) is 0 Å². The fraction of sp³-hybridized carbons (Fsp3) is 0.818. The van der Waals surface area contributed by atoms with Crippen LogP contribution in [0.15, 0.2) is 0 Å². The molecule has 2 N–H and O–H groups in total. The Bertz CT molecular complexity index is 226. The van der Waals surface area contributed by atoms with Gasteiger partial charge >= 0.3 is 5.97 Å². The summed E-state index contributed by atoms with van der Waals surface area (Å²) < 4.78 is 0. The summed E-state index contributed by atoms with van der Waals surface area (Å²) in [5.41, 5.74) is -0.413. The lowest BCUT2D eigenvalue weighted by Crippen LogP contribution is -2.46. The Kier molecular flexibility index (Phi) is 5.33. The topological polar surface area (TPSA) is 66.4 Å². The van der Waals surface area contributed by atoms with Crippen LogP contribution in [0.2, 0.25) is 0 Å². The van der Waals surface area contributed by atoms with Crippen LogP contribution in [-0.2, 0) is 9.59 Å². The third-order valence-electron chi connectivity index (χ3n) is 3.23. The average Bonchev–Trinajstić information content (AvgIpc) is 2.21. The van der Waals surface area contributed by atoms with Crippen molar-refractivity contribution < 1.29 is 14.7 Å². The second-order valence-corrected chi connectivity index (χ2v) is 3.87. The predicted molar refractivity (Wildman–Crippen MR) is 58.5 cm³/mol. The highest BCUT2D eigenvalue weighted by atomic mass is 16.4. The Hall–Kier alpha value is -1.06. The van der Waals surface area contributed by atoms with Gasteiger partial charge in [0, 0.05) is 5.41 Å². The summed E-state index contributed by atoms with van der Waals surface area (Å²) in [5, 5.41) is 11.2. The summed E-state index contributed by atoms with van der Waals surface area (Å²) >= 11 is 0. The molecule has 0 rings (SSSR count). The van der Waals surface area contributed by atoms with Crippen LogP contribution in [0.3, 0.4) is 0 Å². The van der Waals surface area contributed by atoms with E-state index in [1.807, 2.05) is 20.8 Å². The normalized spacial score (nSPS) is 13.3. The van der Waals surface area contributed by atoms with Gasteiger partial charge in [-0.05, 0) is 26.2 Å². The van der Waals surface area contributed by atoms with Gasteiger partial charge in [0.05, 0.1) is 0 Å². The largest absolute Gasteiger partial charge is 0.480 e. The second kappa shape index (κ2) is 5.73. The molecule has 0 aliphatic carbocycles. The van der Waals surface area contributed by atoms with E-state index in [4.69, 9.17) is 5.11 Å². The van der Waals surface area contributed by atoms with Crippen molar-refractivity contribution >= 4 is 11.9 Å². The molecule has 0 aromatic carbocycles. The van der Waals surface area contributed by atoms with Crippen molar-refractivity contribution in [2.24, 2.45) is 5.41 Å². The SMILES string of the molecule is CCC(CC)(CC)C(=O)NC(C)C(=O)O. The van der Waals surface area contributed by atoms with E-state index >= 15 is 0 Å². The predicted octanol–water partition coefficient (Wildman–Crippen LogP) is 1.79. The van der Waals surface area contributed by atoms with Gasteiger partial charge in [-0.2, -0.15) is 0 Å². The molecule has 1 unspecified atom stereocenters. The monoisotopic (exact) mass is 215 g/mol. The van der Waals surface area contributed by atoms with Crippen LogP contribution >= 0.6 is 0 Å². The zero-order valence-corrected chi connectivity index (χ0v) is 9.96. The maximum atomic E-state index is 11.9. The van der Waals surface area contributed by atoms with Gasteiger partial charge in [0.15, 0.2) is 0 Å². The molecule has 0 aliphatic heterocycles. The molecule has 0 bridgehead atoms. The zero-order chi connectivity index (χ0) is 12.1. The molecule has 0 saturated carbocycles. The minimum atomic E-state index is -0.999. The van der Waals surface area contributed by atoms with Crippen LogP contribution in [-0.4, -0.2) is 23.0 Å². The number of aliphatic carboxylic acids is 1. The van der Waals surface area contributed by atoms with Crippen LogP contribution in [0.25, 0.3) is 0 Å². The molecule has 1 atom stereocenters. The first-order chi connectivity index (χ1) is 6.93. The number of hydrogen-bond acceptors (Lipinski definition) is 2. The van der Waals surface area contributed by atoms with Crippen LogP contribution in [0.1, 0.15) is 47.0 Å². The third-order valence-corrected chi connectivity index (χ3v) is 3.23. The van der Waals surface area contributed by atoms with Gasteiger partial charge in [-0.15, -0.1) is 0 Å². The van der Waals surface area contributed by atoms with Crippen molar-refractivity contribution in [1.29, 1.82) is 0 Å². The number of carbonyl (C=O) groups is 2. The zero-order valence-electron chi connectivity index (χ0n) is 9.96. The minimum Gasteiger partial charge on any atom is -0.480 e. The second-order valence-electron chi connectivity index (χ2n) is 3.87. The number of carbonyl (C=O) groups excluding carboxylic acids is 1. The highest BCUT2D eigenvalue weighted by molar-refractivity contribution is 5.87. The summed E-state index contributed by atoms with van der Waals surface area (Å²) in [6.45, 7) is 7.35. The lowest BCUT2D eigenvalue weighted by Gasteiger charge is -2.29. The van der Waals surface area contributed by atoms with Crippen LogP contribution in [0.5, 0.6) is 0 Å². The Morgan fingerprint density at radius 2 is 1.60 bits per heavy atom. The van der Waals surface area contributed by atoms with E-state index in [0.29, 0.717) is 0 Å². The molecule has 0 heterocycles. The molecule has 88 valence electrons. The lowest BCUT2D eigenvalue weighted by molar-refractivity contribution is -0.143. The van der Waals surface area contributed by atoms with E-state index in [0.717, 1.165) is 19.3 Å². The van der Waals surface area contributed by atoms with Gasteiger partial charge in [-0.25, -0.2) is 0 Å². The molecule has 0 spiro atoms. The average molecular weight is 215 g/mol. The fourth-order valence-corrected chi connectivity index (χ4v) is 1.64. The van der Waals surface area contributed by atoms with Gasteiger partial charge in [0.25, 0.3) is 0 Å². The number of hydrogen-bond donors (Lipinski definition) is 2. The quantitative estimate of drug-likeness (QED) is 0.710. The van der Waals surface area contributed by atoms with Crippen molar-refractivity contribution in [3.8, 4) is 0 Å². The summed E-state index contributed by atoms with van der Waals surface area (Å²) in [7, 11) is 0. The van der Waals surface area contributed by atoms with Crippen LogP contribution in [0, 0.1) is 5.41 Å². The summed E-state index contributed by atoms with van der Waals surface area (Å²) in [6, 6.07) is -0.818. The highest BCUT2D eigenvalue weighted by Gasteiger charge is 2.34. The summed E-state index contributed by atoms with van der Waals surface area (Å²) in [4.78, 5) is 22.5. The molecule has 0 aliphatic rings. The molecule has 0 fully saturated rings. The summed E-state index contributed by atoms with van der Waals surface area (Å²) in [5.74, 6) is -1.15. The maximum absolute atomic E-state index is 11.9. The highest BCUT2D eigenvalue weighted by Crippen LogP contribution is 2.30. The van der Waals surface area contributed by atoms with Gasteiger partial charge < -0.3 is 10.4 Å². The molecule has 4 nitrogen and oxygen atoms in total. The number of rotatable bonds is 6. The minimum absolute atomic E-state index is 0.148. The molecule has 1 amide bonds. The van der Waals surface area contributed by atoms with E-state index < -0.39 is 17.4 Å². The first-order valence-electron chi connectivity index (χ1n) is 5.47. The van der Waals surface area contributed by atoms with Gasteiger partial charge in [-0.3, -0.25) is 9.59 Å². The van der Waals surface area contributed by atoms with E-state index in [2.05, 4.69) is 5.32 Å². The number of amides is 1. The van der Waals surface area contributed by atoms with Crippen molar-refractivity contribution in [1.82, 2.24) is 5.32 Å². The van der Waals surface area contributed by atoms with Crippen LogP contribution < -0.4 is 5.32 Å². The first-order valence-corrected chi connectivity index (χ1v) is 5.47. The molecule has 4 heteroatoms. The van der Waals surface area contributed by atoms with Crippen molar-refractivity contribution in [3.05, 3.63) is 0 Å². The van der Waals surface area contributed by atoms with Gasteiger partial charge in [0.2, 0.25) is 5.91 Å². The first kappa shape index (κ1) is 13.9. The standard InChI is InChI=1S/C11H21NO3/c1-5-11(6-2,7-3)10(15)12-8(4)9(13)14/h8H,5-7H2,1-4H3,(H,12,15)(H,13,14). The third kappa shape index (κ3) is 3.22. The Balaban J connectivity index is 4.59. The molecule has 0 aromatic rings. The van der Waals surface area contributed by atoms with Gasteiger partial charge in [0.1, 0.15) is 6.04 Å². The molecule has 15 heavy (non-hydrogen) atoms. The van der Waals surface area contributed by atoms with E-state index in [9.17, 15) is 9.59 Å².